The first-order valence-electron chi connectivity index (χ1n) is 6.72. The van der Waals surface area contributed by atoms with E-state index in [-0.39, 0.29) is 11.1 Å². The number of hydrogen-bond acceptors (Lipinski definition) is 5. The number of hydrogen-bond donors (Lipinski definition) is 2. The van der Waals surface area contributed by atoms with E-state index in [0.717, 1.165) is 17.9 Å². The molecule has 0 bridgehead atoms. The van der Waals surface area contributed by atoms with Gasteiger partial charge in [0, 0.05) is 21.4 Å². The summed E-state index contributed by atoms with van der Waals surface area (Å²) >= 11 is 16.4. The summed E-state index contributed by atoms with van der Waals surface area (Å²) in [5.74, 6) is -0.371. The average molecular weight is 1320 g/mol. The molecule has 0 saturated carbocycles. The number of cyclic esters (lactones) is 1. The second kappa shape index (κ2) is 11.0. The van der Waals surface area contributed by atoms with Gasteiger partial charge in [-0.25, -0.2) is 4.79 Å². The van der Waals surface area contributed by atoms with E-state index in [4.69, 9.17) is 4.74 Å². The van der Waals surface area contributed by atoms with Crippen molar-refractivity contribution < 1.29 is 27.6 Å². The summed E-state index contributed by atoms with van der Waals surface area (Å²) in [5, 5.41) is 9.38. The molecule has 0 aromatic heterocycles. The highest BCUT2D eigenvalue weighted by Gasteiger charge is 2.55. The number of phenolic OH excluding ortho intramolecular Hbond substituents is 1. The Morgan fingerprint density at radius 3 is 1.83 bits per heavy atom. The number of rotatable bonds is 1. The van der Waals surface area contributed by atoms with Gasteiger partial charge in [-0.3, -0.25) is 4.55 Å². The zero-order valence-electron chi connectivity index (χ0n) is 13.1. The lowest BCUT2D eigenvalue weighted by atomic mass is 10.1. The molecule has 2 aromatic rings. The Labute approximate surface area is 275 Å². The highest BCUT2D eigenvalue weighted by molar-refractivity contribution is 14.1. The van der Waals surface area contributed by atoms with Gasteiger partial charge in [0.15, 0.2) is 0 Å². The second-order valence-corrected chi connectivity index (χ2v) is 16.6. The largest absolute Gasteiger partial charge is 0.507 e. The van der Waals surface area contributed by atoms with Crippen LogP contribution in [0.1, 0.15) is 15.9 Å². The average Bonchev–Trinajstić information content (AvgIpc) is 2.88. The van der Waals surface area contributed by atoms with Gasteiger partial charge in [-0.2, -0.15) is 8.42 Å². The Hall–Kier alpha value is 3.46. The lowest BCUT2D eigenvalue weighted by Crippen LogP contribution is -2.29. The molecule has 158 valence electrons. The van der Waals surface area contributed by atoms with Crippen molar-refractivity contribution in [1.29, 1.82) is 0 Å². The number of carbonyl (C=O) groups excluding carboxylic acids is 1. The first-order valence-corrected chi connectivity index (χ1v) is 16.8. The third-order valence-electron chi connectivity index (χ3n) is 3.32. The van der Waals surface area contributed by atoms with Crippen LogP contribution in [-0.2, 0) is 17.8 Å². The van der Waals surface area contributed by atoms with Crippen LogP contribution in [0.25, 0.3) is 0 Å². The Bertz CT molecular complexity index is 1110. The predicted octanol–water partition coefficient (Wildman–Crippen LogP) is 6.91. The SMILES string of the molecule is O=C1OC(I)(S(=O)(=O)O)c2c1cc(I)c(I)c2I.Oc1cc(I)c(I)c(I)c1I. The maximum atomic E-state index is 11.7. The molecular formula is C14H4I8O6S. The van der Waals surface area contributed by atoms with Gasteiger partial charge in [0.05, 0.1) is 14.7 Å². The van der Waals surface area contributed by atoms with Crippen LogP contribution in [0.4, 0.5) is 0 Å². The summed E-state index contributed by atoms with van der Waals surface area (Å²) in [6.07, 6.45) is 0. The van der Waals surface area contributed by atoms with E-state index in [1.54, 1.807) is 12.1 Å². The van der Waals surface area contributed by atoms with Crippen LogP contribution >= 0.6 is 181 Å². The first-order chi connectivity index (χ1) is 13.1. The molecular weight excluding hydrogens is 1310 g/mol. The van der Waals surface area contributed by atoms with Crippen molar-refractivity contribution >= 4 is 197 Å². The molecule has 0 radical (unpaired) electrons. The van der Waals surface area contributed by atoms with Crippen LogP contribution < -0.4 is 0 Å². The van der Waals surface area contributed by atoms with Gasteiger partial charge in [-0.1, -0.05) is 0 Å². The number of halogens is 8. The van der Waals surface area contributed by atoms with Crippen molar-refractivity contribution in [2.45, 2.75) is 2.94 Å². The standard InChI is InChI=1S/C8H2I4O5S.C6H2I4O/c9-3-1-2-4(6(11)5(3)10)8(12,17-7(2)13)18(14,15)16;7-2-1-3(11)5(9)6(10)4(2)8/h1H,(H,14,15,16);1,11H. The maximum absolute atomic E-state index is 11.7. The van der Waals surface area contributed by atoms with Crippen LogP contribution in [0.3, 0.4) is 0 Å². The fourth-order valence-electron chi connectivity index (χ4n) is 2.02. The van der Waals surface area contributed by atoms with E-state index in [1.165, 1.54) is 26.2 Å². The molecule has 0 aliphatic carbocycles. The number of carbonyl (C=O) groups is 1. The molecule has 1 atom stereocenters. The van der Waals surface area contributed by atoms with E-state index in [0.29, 0.717) is 9.32 Å². The van der Waals surface area contributed by atoms with Crippen molar-refractivity contribution in [3.8, 4) is 5.75 Å². The van der Waals surface area contributed by atoms with Gasteiger partial charge in [-0.05, 0) is 193 Å². The third kappa shape index (κ3) is 6.00. The van der Waals surface area contributed by atoms with Crippen molar-refractivity contribution in [3.05, 3.63) is 48.3 Å². The summed E-state index contributed by atoms with van der Waals surface area (Å²) in [6.45, 7) is 0. The quantitative estimate of drug-likeness (QED) is 0.0805. The third-order valence-corrected chi connectivity index (χ3v) is 19.1. The van der Waals surface area contributed by atoms with E-state index in [1.807, 2.05) is 22.6 Å². The van der Waals surface area contributed by atoms with Crippen LogP contribution in [0, 0.1) is 25.0 Å². The van der Waals surface area contributed by atoms with Crippen molar-refractivity contribution in [1.82, 2.24) is 0 Å². The normalized spacial score (nSPS) is 18.0. The van der Waals surface area contributed by atoms with Crippen molar-refractivity contribution in [2.24, 2.45) is 0 Å². The molecule has 0 amide bonds. The van der Waals surface area contributed by atoms with Crippen LogP contribution in [0.5, 0.6) is 5.75 Å². The Balaban J connectivity index is 0.000000234. The molecule has 29 heavy (non-hydrogen) atoms. The van der Waals surface area contributed by atoms with Crippen molar-refractivity contribution in [2.75, 3.05) is 0 Å². The molecule has 0 fully saturated rings. The molecule has 2 aromatic carbocycles. The minimum atomic E-state index is -4.57. The number of alkyl halides is 1. The first kappa shape index (κ1) is 28.7. The molecule has 0 saturated heterocycles. The minimum absolute atomic E-state index is 0.177. The summed E-state index contributed by atoms with van der Waals surface area (Å²) in [7, 11) is -4.57. The smallest absolute Gasteiger partial charge is 0.341 e. The number of ether oxygens (including phenoxy) is 1. The molecule has 1 aliphatic rings. The molecule has 15 heteroatoms. The Morgan fingerprint density at radius 1 is 0.828 bits per heavy atom. The molecule has 1 unspecified atom stereocenters. The monoisotopic (exact) mass is 1320 g/mol. The summed E-state index contributed by atoms with van der Waals surface area (Å²) in [5.41, 5.74) is 0.372. The van der Waals surface area contributed by atoms with E-state index >= 15 is 0 Å². The number of phenols is 1. The zero-order valence-corrected chi connectivity index (χ0v) is 31.2. The summed E-state index contributed by atoms with van der Waals surface area (Å²) in [4.78, 5) is 11.7. The van der Waals surface area contributed by atoms with E-state index in [9.17, 15) is 22.9 Å². The number of aromatic hydroxyl groups is 1. The van der Waals surface area contributed by atoms with Gasteiger partial charge in [0.1, 0.15) is 5.75 Å². The van der Waals surface area contributed by atoms with Crippen LogP contribution in [0.2, 0.25) is 0 Å². The van der Waals surface area contributed by atoms with Gasteiger partial charge >= 0.3 is 19.0 Å². The van der Waals surface area contributed by atoms with Gasteiger partial charge in [0.25, 0.3) is 0 Å². The predicted molar refractivity (Wildman–Crippen MR) is 176 cm³/mol. The van der Waals surface area contributed by atoms with E-state index in [2.05, 4.69) is 136 Å². The molecule has 2 N–H and O–H groups in total. The highest BCUT2D eigenvalue weighted by atomic mass is 127. The van der Waals surface area contributed by atoms with Crippen molar-refractivity contribution in [3.63, 3.8) is 0 Å². The topological polar surface area (TPSA) is 101 Å². The lowest BCUT2D eigenvalue weighted by Gasteiger charge is -2.19. The van der Waals surface area contributed by atoms with Gasteiger partial charge < -0.3 is 9.84 Å². The minimum Gasteiger partial charge on any atom is -0.507 e. The summed E-state index contributed by atoms with van der Waals surface area (Å²) < 4.78 is 41.7. The van der Waals surface area contributed by atoms with Crippen LogP contribution in [0.15, 0.2) is 12.1 Å². The fraction of sp³-hybridized carbons (Fsp3) is 0.0714. The molecule has 1 heterocycles. The summed E-state index contributed by atoms with van der Waals surface area (Å²) in [6, 6.07) is 3.35. The Kier molecular flexibility index (Phi) is 10.9. The van der Waals surface area contributed by atoms with Gasteiger partial charge in [0.2, 0.25) is 0 Å². The van der Waals surface area contributed by atoms with Crippen LogP contribution in [-0.4, -0.2) is 24.0 Å². The molecule has 6 nitrogen and oxygen atoms in total. The number of fused-ring (bicyclic) bond motifs is 1. The highest BCUT2D eigenvalue weighted by Crippen LogP contribution is 2.49. The van der Waals surface area contributed by atoms with E-state index < -0.39 is 19.0 Å². The van der Waals surface area contributed by atoms with Gasteiger partial charge in [-0.15, -0.1) is 0 Å². The molecule has 0 spiro atoms. The maximum Gasteiger partial charge on any atom is 0.341 e. The number of esters is 1. The lowest BCUT2D eigenvalue weighted by molar-refractivity contribution is 0.0468. The molecule has 3 rings (SSSR count). The second-order valence-electron chi connectivity index (χ2n) is 5.13. The molecule has 1 aliphatic heterocycles. The Morgan fingerprint density at radius 2 is 1.31 bits per heavy atom. The number of benzene rings is 2. The fourth-order valence-corrected chi connectivity index (χ4v) is 9.62. The zero-order chi connectivity index (χ0) is 22.5.